The van der Waals surface area contributed by atoms with Crippen LogP contribution in [0.25, 0.3) is 16.5 Å². The van der Waals surface area contributed by atoms with Gasteiger partial charge in [0.1, 0.15) is 0 Å². The van der Waals surface area contributed by atoms with Gasteiger partial charge < -0.3 is 4.57 Å². The van der Waals surface area contributed by atoms with Crippen LogP contribution in [0.2, 0.25) is 0 Å². The predicted octanol–water partition coefficient (Wildman–Crippen LogP) is 3.27. The van der Waals surface area contributed by atoms with Crippen molar-refractivity contribution in [2.75, 3.05) is 13.6 Å². The van der Waals surface area contributed by atoms with Gasteiger partial charge in [0.05, 0.1) is 11.6 Å². The third-order valence-corrected chi connectivity index (χ3v) is 4.55. The first kappa shape index (κ1) is 12.1. The molecule has 0 unspecified atom stereocenters. The summed E-state index contributed by atoms with van der Waals surface area (Å²) in [4.78, 5) is 2.30. The van der Waals surface area contributed by atoms with Gasteiger partial charge in [-0.15, -0.1) is 0 Å². The van der Waals surface area contributed by atoms with Gasteiger partial charge in [0.25, 0.3) is 0 Å². The fourth-order valence-corrected chi connectivity index (χ4v) is 3.69. The molecule has 2 aliphatic rings. The lowest BCUT2D eigenvalue weighted by molar-refractivity contribution is 0.234. The number of rotatable bonds is 0. The largest absolute Gasteiger partial charge is 0.345 e. The van der Waals surface area contributed by atoms with E-state index in [1.165, 1.54) is 6.07 Å². The molecule has 20 heavy (non-hydrogen) atoms. The maximum atomic E-state index is 13.9. The standard InChI is InChI=1S/C16H16F2N2/c1-9-5-11-12-6-13(17)15(18)10-3-4-20(16(10)12)8-14(11)19(2)7-9/h3-6,9,14H,7-8H2,1-2H3/t9-,14-/m0/s1. The highest BCUT2D eigenvalue weighted by atomic mass is 19.2. The molecule has 0 saturated carbocycles. The highest BCUT2D eigenvalue weighted by molar-refractivity contribution is 5.95. The van der Waals surface area contributed by atoms with E-state index in [4.69, 9.17) is 0 Å². The lowest BCUT2D eigenvalue weighted by Gasteiger charge is -2.39. The summed E-state index contributed by atoms with van der Waals surface area (Å²) in [7, 11) is 2.10. The van der Waals surface area contributed by atoms with Gasteiger partial charge in [0.15, 0.2) is 11.6 Å². The maximum Gasteiger partial charge on any atom is 0.168 e. The summed E-state index contributed by atoms with van der Waals surface area (Å²) in [6, 6.07) is 3.29. The molecular formula is C16H16F2N2. The number of hydrogen-bond donors (Lipinski definition) is 0. The predicted molar refractivity (Wildman–Crippen MR) is 75.4 cm³/mol. The third kappa shape index (κ3) is 1.45. The van der Waals surface area contributed by atoms with Crippen LogP contribution in [0, 0.1) is 17.6 Å². The van der Waals surface area contributed by atoms with Crippen LogP contribution in [0.1, 0.15) is 12.5 Å². The van der Waals surface area contributed by atoms with Crippen molar-refractivity contribution in [2.45, 2.75) is 19.5 Å². The van der Waals surface area contributed by atoms with Crippen molar-refractivity contribution in [3.05, 3.63) is 41.6 Å². The molecule has 0 spiro atoms. The SMILES string of the molecule is C[C@H]1C=C2c3cc(F)c(F)c4ccn(c34)C[C@@H]2N(C)C1. The first-order valence-electron chi connectivity index (χ1n) is 6.95. The second kappa shape index (κ2) is 3.92. The van der Waals surface area contributed by atoms with Crippen LogP contribution in [-0.2, 0) is 6.54 Å². The summed E-state index contributed by atoms with van der Waals surface area (Å²) in [6.07, 6.45) is 4.08. The molecule has 0 fully saturated rings. The molecule has 0 bridgehead atoms. The van der Waals surface area contributed by atoms with E-state index >= 15 is 0 Å². The highest BCUT2D eigenvalue weighted by Crippen LogP contribution is 2.39. The minimum absolute atomic E-state index is 0.249. The zero-order valence-corrected chi connectivity index (χ0v) is 11.5. The van der Waals surface area contributed by atoms with Gasteiger partial charge in [-0.3, -0.25) is 4.90 Å². The molecule has 1 aromatic heterocycles. The summed E-state index contributed by atoms with van der Waals surface area (Å²) in [5, 5.41) is 0.389. The molecule has 2 aromatic rings. The van der Waals surface area contributed by atoms with Crippen molar-refractivity contribution in [1.82, 2.24) is 9.47 Å². The normalized spacial score (nSPS) is 25.7. The number of hydrogen-bond acceptors (Lipinski definition) is 1. The fraction of sp³-hybridized carbons (Fsp3) is 0.375. The van der Waals surface area contributed by atoms with E-state index < -0.39 is 11.6 Å². The molecule has 4 rings (SSSR count). The number of aromatic nitrogens is 1. The molecule has 2 aliphatic heterocycles. The van der Waals surface area contributed by atoms with Gasteiger partial charge in [-0.1, -0.05) is 13.0 Å². The van der Waals surface area contributed by atoms with E-state index in [1.54, 1.807) is 6.07 Å². The summed E-state index contributed by atoms with van der Waals surface area (Å²) < 4.78 is 29.8. The smallest absolute Gasteiger partial charge is 0.168 e. The van der Waals surface area contributed by atoms with Crippen LogP contribution in [-0.4, -0.2) is 29.1 Å². The second-order valence-corrected chi connectivity index (χ2v) is 6.00. The van der Waals surface area contributed by atoms with Crippen LogP contribution in [0.5, 0.6) is 0 Å². The first-order chi connectivity index (χ1) is 9.56. The molecular weight excluding hydrogens is 258 g/mol. The summed E-state index contributed by atoms with van der Waals surface area (Å²) in [5.74, 6) is -1.07. The van der Waals surface area contributed by atoms with Crippen LogP contribution in [0.15, 0.2) is 24.4 Å². The minimum Gasteiger partial charge on any atom is -0.345 e. The lowest BCUT2D eigenvalue weighted by Crippen LogP contribution is -2.43. The Balaban J connectivity index is 2.06. The molecule has 1 aromatic carbocycles. The molecule has 2 atom stereocenters. The Labute approximate surface area is 116 Å². The molecule has 0 radical (unpaired) electrons. The molecule has 0 saturated heterocycles. The molecule has 104 valence electrons. The lowest BCUT2D eigenvalue weighted by atomic mass is 9.86. The quantitative estimate of drug-likeness (QED) is 0.716. The van der Waals surface area contributed by atoms with Gasteiger partial charge >= 0.3 is 0 Å². The van der Waals surface area contributed by atoms with Gasteiger partial charge in [-0.2, -0.15) is 0 Å². The summed E-state index contributed by atoms with van der Waals surface area (Å²) in [5.41, 5.74) is 2.81. The molecule has 0 amide bonds. The van der Waals surface area contributed by atoms with E-state index in [0.29, 0.717) is 11.3 Å². The van der Waals surface area contributed by atoms with E-state index in [2.05, 4.69) is 24.9 Å². The second-order valence-electron chi connectivity index (χ2n) is 6.00. The third-order valence-electron chi connectivity index (χ3n) is 4.55. The van der Waals surface area contributed by atoms with Gasteiger partial charge in [0, 0.05) is 30.2 Å². The highest BCUT2D eigenvalue weighted by Gasteiger charge is 2.33. The number of fused-ring (bicyclic) bond motifs is 2. The van der Waals surface area contributed by atoms with Gasteiger partial charge in [0.2, 0.25) is 0 Å². The van der Waals surface area contributed by atoms with Crippen molar-refractivity contribution >= 4 is 16.5 Å². The molecule has 2 nitrogen and oxygen atoms in total. The summed E-state index contributed by atoms with van der Waals surface area (Å²) >= 11 is 0. The van der Waals surface area contributed by atoms with Crippen molar-refractivity contribution in [3.63, 3.8) is 0 Å². The molecule has 3 heterocycles. The Hall–Kier alpha value is -1.68. The minimum atomic E-state index is -0.757. The molecule has 0 N–H and O–H groups in total. The Bertz CT molecular complexity index is 745. The number of likely N-dealkylation sites (N-methyl/N-ethyl adjacent to an activating group) is 1. The van der Waals surface area contributed by atoms with Gasteiger partial charge in [-0.05, 0) is 30.7 Å². The Morgan fingerprint density at radius 1 is 1.25 bits per heavy atom. The van der Waals surface area contributed by atoms with Gasteiger partial charge in [-0.25, -0.2) is 8.78 Å². The van der Waals surface area contributed by atoms with E-state index in [0.717, 1.165) is 29.7 Å². The average molecular weight is 274 g/mol. The fourth-order valence-electron chi connectivity index (χ4n) is 3.69. The Morgan fingerprint density at radius 3 is 2.85 bits per heavy atom. The van der Waals surface area contributed by atoms with Crippen LogP contribution < -0.4 is 0 Å². The number of halogens is 2. The van der Waals surface area contributed by atoms with Crippen LogP contribution in [0.4, 0.5) is 8.78 Å². The maximum absolute atomic E-state index is 13.9. The number of nitrogens with zero attached hydrogens (tertiary/aromatic N) is 2. The monoisotopic (exact) mass is 274 g/mol. The van der Waals surface area contributed by atoms with Crippen LogP contribution >= 0.6 is 0 Å². The van der Waals surface area contributed by atoms with E-state index in [-0.39, 0.29) is 6.04 Å². The average Bonchev–Trinajstić information content (AvgIpc) is 2.81. The topological polar surface area (TPSA) is 8.17 Å². The van der Waals surface area contributed by atoms with E-state index in [9.17, 15) is 8.78 Å². The Morgan fingerprint density at radius 2 is 2.05 bits per heavy atom. The van der Waals surface area contributed by atoms with E-state index in [1.807, 2.05) is 10.8 Å². The Kier molecular flexibility index (Phi) is 2.37. The number of benzene rings is 1. The summed E-state index contributed by atoms with van der Waals surface area (Å²) in [6.45, 7) is 3.96. The molecule has 0 aliphatic carbocycles. The van der Waals surface area contributed by atoms with Crippen molar-refractivity contribution < 1.29 is 8.78 Å². The zero-order valence-electron chi connectivity index (χ0n) is 11.5. The van der Waals surface area contributed by atoms with Crippen LogP contribution in [0.3, 0.4) is 0 Å². The van der Waals surface area contributed by atoms with Crippen molar-refractivity contribution in [2.24, 2.45) is 5.92 Å². The van der Waals surface area contributed by atoms with Crippen molar-refractivity contribution in [1.29, 1.82) is 0 Å². The van der Waals surface area contributed by atoms with Crippen molar-refractivity contribution in [3.8, 4) is 0 Å². The first-order valence-corrected chi connectivity index (χ1v) is 6.95. The zero-order chi connectivity index (χ0) is 14.0. The molecule has 4 heteroatoms.